The smallest absolute Gasteiger partial charge is 0.147 e. The highest BCUT2D eigenvalue weighted by molar-refractivity contribution is 6.33. The highest BCUT2D eigenvalue weighted by atomic mass is 35.5. The number of para-hydroxylation sites is 1. The average molecular weight is 304 g/mol. The molecule has 2 aromatic carbocycles. The third-order valence-electron chi connectivity index (χ3n) is 4.20. The fraction of sp³-hybridized carbons (Fsp3) is 0.333. The molecule has 0 fully saturated rings. The molecule has 0 heterocycles. The lowest BCUT2D eigenvalue weighted by atomic mass is 9.89. The second-order valence-electron chi connectivity index (χ2n) is 5.70. The summed E-state index contributed by atoms with van der Waals surface area (Å²) in [5.41, 5.74) is 4.45. The van der Waals surface area contributed by atoms with E-state index >= 15 is 0 Å². The van der Waals surface area contributed by atoms with Gasteiger partial charge in [-0.05, 0) is 61.4 Å². The first-order valence-corrected chi connectivity index (χ1v) is 7.85. The summed E-state index contributed by atoms with van der Waals surface area (Å²) in [5.74, 6) is -0.313. The van der Waals surface area contributed by atoms with Crippen molar-refractivity contribution in [1.82, 2.24) is 0 Å². The molecule has 0 bridgehead atoms. The molecule has 0 amide bonds. The minimum atomic E-state index is -0.313. The molecule has 0 aromatic heterocycles. The predicted molar refractivity (Wildman–Crippen MR) is 86.5 cm³/mol. The maximum Gasteiger partial charge on any atom is 0.147 e. The second kappa shape index (κ2) is 6.07. The Kier molecular flexibility index (Phi) is 4.16. The van der Waals surface area contributed by atoms with Crippen LogP contribution in [-0.2, 0) is 12.8 Å². The number of anilines is 1. The summed E-state index contributed by atoms with van der Waals surface area (Å²) in [5, 5.41) is 3.61. The van der Waals surface area contributed by atoms with Crippen molar-refractivity contribution in [2.75, 3.05) is 5.32 Å². The minimum Gasteiger partial charge on any atom is -0.375 e. The number of nitrogens with one attached hydrogen (secondary N) is 1. The van der Waals surface area contributed by atoms with Gasteiger partial charge in [0, 0.05) is 6.04 Å². The average Bonchev–Trinajstić information content (AvgIpc) is 2.50. The van der Waals surface area contributed by atoms with Crippen LogP contribution in [0.5, 0.6) is 0 Å². The summed E-state index contributed by atoms with van der Waals surface area (Å²) < 4.78 is 13.9. The highest BCUT2D eigenvalue weighted by Gasteiger charge is 2.14. The molecule has 0 radical (unpaired) electrons. The van der Waals surface area contributed by atoms with Crippen molar-refractivity contribution in [3.05, 3.63) is 63.9 Å². The van der Waals surface area contributed by atoms with Crippen LogP contribution in [-0.4, -0.2) is 0 Å². The van der Waals surface area contributed by atoms with E-state index in [-0.39, 0.29) is 11.9 Å². The van der Waals surface area contributed by atoms with Crippen LogP contribution in [0.1, 0.15) is 42.5 Å². The molecule has 110 valence electrons. The third kappa shape index (κ3) is 3.06. The Morgan fingerprint density at radius 1 is 1.10 bits per heavy atom. The van der Waals surface area contributed by atoms with Gasteiger partial charge in [-0.2, -0.15) is 0 Å². The van der Waals surface area contributed by atoms with Crippen molar-refractivity contribution in [3.8, 4) is 0 Å². The zero-order chi connectivity index (χ0) is 14.8. The Morgan fingerprint density at radius 3 is 2.62 bits per heavy atom. The summed E-state index contributed by atoms with van der Waals surface area (Å²) in [4.78, 5) is 0. The zero-order valence-electron chi connectivity index (χ0n) is 12.1. The van der Waals surface area contributed by atoms with Crippen LogP contribution >= 0.6 is 11.6 Å². The van der Waals surface area contributed by atoms with Gasteiger partial charge in [0.1, 0.15) is 5.82 Å². The van der Waals surface area contributed by atoms with E-state index < -0.39 is 0 Å². The van der Waals surface area contributed by atoms with Gasteiger partial charge in [-0.3, -0.25) is 0 Å². The topological polar surface area (TPSA) is 12.0 Å². The van der Waals surface area contributed by atoms with Gasteiger partial charge in [-0.1, -0.05) is 35.9 Å². The molecule has 1 aliphatic carbocycles. The number of benzene rings is 2. The lowest BCUT2D eigenvalue weighted by Crippen LogP contribution is -2.10. The molecule has 1 aliphatic rings. The van der Waals surface area contributed by atoms with E-state index in [4.69, 9.17) is 11.6 Å². The SMILES string of the molecule is CC(Nc1c(F)cccc1Cl)c1ccc2c(c1)CCCC2. The van der Waals surface area contributed by atoms with Crippen LogP contribution in [0, 0.1) is 5.82 Å². The van der Waals surface area contributed by atoms with E-state index in [0.717, 1.165) is 6.42 Å². The van der Waals surface area contributed by atoms with Crippen LogP contribution < -0.4 is 5.32 Å². The first kappa shape index (κ1) is 14.4. The van der Waals surface area contributed by atoms with Gasteiger partial charge in [0.25, 0.3) is 0 Å². The summed E-state index contributed by atoms with van der Waals surface area (Å²) in [6, 6.07) is 11.4. The fourth-order valence-corrected chi connectivity index (χ4v) is 3.18. The van der Waals surface area contributed by atoms with Crippen LogP contribution in [0.3, 0.4) is 0 Å². The lowest BCUT2D eigenvalue weighted by molar-refractivity contribution is 0.627. The highest BCUT2D eigenvalue weighted by Crippen LogP contribution is 2.30. The van der Waals surface area contributed by atoms with Crippen LogP contribution in [0.2, 0.25) is 5.02 Å². The van der Waals surface area contributed by atoms with Crippen molar-refractivity contribution >= 4 is 17.3 Å². The molecule has 2 aromatic rings. The van der Waals surface area contributed by atoms with Crippen molar-refractivity contribution in [1.29, 1.82) is 0 Å². The van der Waals surface area contributed by atoms with E-state index in [1.165, 1.54) is 42.0 Å². The molecule has 0 spiro atoms. The van der Waals surface area contributed by atoms with Crippen molar-refractivity contribution in [2.45, 2.75) is 38.6 Å². The molecule has 3 rings (SSSR count). The predicted octanol–water partition coefficient (Wildman–Crippen LogP) is 5.53. The molecule has 0 saturated heterocycles. The molecule has 1 nitrogen and oxygen atoms in total. The number of aryl methyl sites for hydroxylation is 2. The van der Waals surface area contributed by atoms with Crippen molar-refractivity contribution < 1.29 is 4.39 Å². The molecular weight excluding hydrogens is 285 g/mol. The van der Waals surface area contributed by atoms with Gasteiger partial charge in [0.05, 0.1) is 10.7 Å². The monoisotopic (exact) mass is 303 g/mol. The second-order valence-corrected chi connectivity index (χ2v) is 6.11. The molecule has 1 N–H and O–H groups in total. The maximum absolute atomic E-state index is 13.9. The summed E-state index contributed by atoms with van der Waals surface area (Å²) >= 11 is 6.07. The van der Waals surface area contributed by atoms with Gasteiger partial charge in [0.15, 0.2) is 0 Å². The van der Waals surface area contributed by atoms with Crippen LogP contribution in [0.25, 0.3) is 0 Å². The molecule has 0 saturated carbocycles. The number of fused-ring (bicyclic) bond motifs is 1. The first-order valence-electron chi connectivity index (χ1n) is 7.47. The molecule has 1 unspecified atom stereocenters. The Hall–Kier alpha value is -1.54. The normalized spacial score (nSPS) is 15.4. The quantitative estimate of drug-likeness (QED) is 0.786. The van der Waals surface area contributed by atoms with Gasteiger partial charge in [-0.25, -0.2) is 4.39 Å². The molecule has 21 heavy (non-hydrogen) atoms. The summed E-state index contributed by atoms with van der Waals surface area (Å²) in [6.07, 6.45) is 4.87. The largest absolute Gasteiger partial charge is 0.375 e. The van der Waals surface area contributed by atoms with E-state index in [1.807, 2.05) is 6.92 Å². The summed E-state index contributed by atoms with van der Waals surface area (Å²) in [6.45, 7) is 2.04. The van der Waals surface area contributed by atoms with Gasteiger partial charge >= 0.3 is 0 Å². The number of hydrogen-bond donors (Lipinski definition) is 1. The Morgan fingerprint density at radius 2 is 1.86 bits per heavy atom. The molecular formula is C18H19ClFN. The number of halogens is 2. The molecule has 1 atom stereocenters. The molecule has 0 aliphatic heterocycles. The Balaban J connectivity index is 1.84. The lowest BCUT2D eigenvalue weighted by Gasteiger charge is -2.21. The minimum absolute atomic E-state index is 0.0200. The summed E-state index contributed by atoms with van der Waals surface area (Å²) in [7, 11) is 0. The number of rotatable bonds is 3. The third-order valence-corrected chi connectivity index (χ3v) is 4.51. The Labute approximate surface area is 130 Å². The standard InChI is InChI=1S/C18H19ClFN/c1-12(21-18-16(19)7-4-8-17(18)20)14-10-9-13-5-2-3-6-15(13)11-14/h4,7-12,21H,2-3,5-6H2,1H3. The van der Waals surface area contributed by atoms with Gasteiger partial charge in [-0.15, -0.1) is 0 Å². The van der Waals surface area contributed by atoms with Crippen molar-refractivity contribution in [3.63, 3.8) is 0 Å². The Bertz CT molecular complexity index is 633. The maximum atomic E-state index is 13.9. The fourth-order valence-electron chi connectivity index (χ4n) is 2.96. The number of hydrogen-bond acceptors (Lipinski definition) is 1. The van der Waals surface area contributed by atoms with E-state index in [9.17, 15) is 4.39 Å². The van der Waals surface area contributed by atoms with Crippen molar-refractivity contribution in [2.24, 2.45) is 0 Å². The van der Waals surface area contributed by atoms with Gasteiger partial charge in [0.2, 0.25) is 0 Å². The zero-order valence-corrected chi connectivity index (χ0v) is 12.9. The van der Waals surface area contributed by atoms with E-state index in [0.29, 0.717) is 10.7 Å². The van der Waals surface area contributed by atoms with E-state index in [2.05, 4.69) is 23.5 Å². The molecule has 3 heteroatoms. The first-order chi connectivity index (χ1) is 10.1. The van der Waals surface area contributed by atoms with E-state index in [1.54, 1.807) is 12.1 Å². The van der Waals surface area contributed by atoms with Crippen LogP contribution in [0.4, 0.5) is 10.1 Å². The van der Waals surface area contributed by atoms with Crippen LogP contribution in [0.15, 0.2) is 36.4 Å². The van der Waals surface area contributed by atoms with Gasteiger partial charge < -0.3 is 5.32 Å².